The summed E-state index contributed by atoms with van der Waals surface area (Å²) >= 11 is 3.98. The van der Waals surface area contributed by atoms with Gasteiger partial charge in [-0.2, -0.15) is 0 Å². The maximum absolute atomic E-state index is 12.1. The number of nitrogens with one attached hydrogen (secondary N) is 2. The molecule has 1 unspecified atom stereocenters. The molecule has 1 atom stereocenters. The summed E-state index contributed by atoms with van der Waals surface area (Å²) in [6, 6.07) is 8.54. The molecule has 2 N–H and O–H groups in total. The number of carbonyl (C=O) groups excluding carboxylic acids is 1. The monoisotopic (exact) mass is 308 g/mol. The van der Waals surface area contributed by atoms with Crippen molar-refractivity contribution in [2.24, 2.45) is 0 Å². The van der Waals surface area contributed by atoms with Gasteiger partial charge >= 0.3 is 0 Å². The highest BCUT2D eigenvalue weighted by molar-refractivity contribution is 8.19. The standard InChI is InChI=1S/C15H20N2OS2/c18-14(17-10-13-2-1-7-16-13)11-3-5-12(6-4-11)15-19-8-9-20-15/h3-6,13,15-16H,1-2,7-10H2,(H,17,18). The quantitative estimate of drug-likeness (QED) is 0.897. The number of thioether (sulfide) groups is 2. The SMILES string of the molecule is O=C(NCC1CCCN1)c1ccc(C2SCCS2)cc1. The van der Waals surface area contributed by atoms with Crippen LogP contribution in [0, 0.1) is 0 Å². The fraction of sp³-hybridized carbons (Fsp3) is 0.533. The molecule has 0 spiro atoms. The zero-order valence-corrected chi connectivity index (χ0v) is 13.1. The Morgan fingerprint density at radius 2 is 2.00 bits per heavy atom. The van der Waals surface area contributed by atoms with Crippen molar-refractivity contribution in [1.82, 2.24) is 10.6 Å². The number of hydrogen-bond acceptors (Lipinski definition) is 4. The second-order valence-electron chi connectivity index (χ2n) is 5.20. The zero-order chi connectivity index (χ0) is 13.8. The first-order valence-corrected chi connectivity index (χ1v) is 9.27. The molecule has 2 fully saturated rings. The minimum Gasteiger partial charge on any atom is -0.350 e. The summed E-state index contributed by atoms with van der Waals surface area (Å²) in [4.78, 5) is 12.1. The highest BCUT2D eigenvalue weighted by atomic mass is 32.2. The molecule has 0 radical (unpaired) electrons. The first kappa shape index (κ1) is 14.3. The van der Waals surface area contributed by atoms with Gasteiger partial charge in [0, 0.05) is 29.7 Å². The average molecular weight is 308 g/mol. The molecule has 3 rings (SSSR count). The van der Waals surface area contributed by atoms with Crippen LogP contribution >= 0.6 is 23.5 Å². The van der Waals surface area contributed by atoms with Gasteiger partial charge < -0.3 is 10.6 Å². The minimum atomic E-state index is 0.0389. The van der Waals surface area contributed by atoms with E-state index >= 15 is 0 Å². The topological polar surface area (TPSA) is 41.1 Å². The van der Waals surface area contributed by atoms with Crippen LogP contribution in [0.15, 0.2) is 24.3 Å². The van der Waals surface area contributed by atoms with E-state index in [1.54, 1.807) is 0 Å². The summed E-state index contributed by atoms with van der Waals surface area (Å²) in [7, 11) is 0. The largest absolute Gasteiger partial charge is 0.350 e. The van der Waals surface area contributed by atoms with Gasteiger partial charge in [0.1, 0.15) is 0 Å². The lowest BCUT2D eigenvalue weighted by Crippen LogP contribution is -2.37. The molecule has 2 saturated heterocycles. The lowest BCUT2D eigenvalue weighted by Gasteiger charge is -2.12. The van der Waals surface area contributed by atoms with Crippen LogP contribution in [0.1, 0.15) is 33.3 Å². The molecule has 1 amide bonds. The van der Waals surface area contributed by atoms with Crippen molar-refractivity contribution in [2.75, 3.05) is 24.6 Å². The number of rotatable bonds is 4. The molecule has 1 aromatic carbocycles. The number of amides is 1. The van der Waals surface area contributed by atoms with Crippen molar-refractivity contribution in [3.8, 4) is 0 Å². The van der Waals surface area contributed by atoms with E-state index in [1.807, 2.05) is 35.7 Å². The Morgan fingerprint density at radius 3 is 2.65 bits per heavy atom. The Morgan fingerprint density at radius 1 is 1.25 bits per heavy atom. The summed E-state index contributed by atoms with van der Waals surface area (Å²) in [6.45, 7) is 1.81. The molecule has 20 heavy (non-hydrogen) atoms. The van der Waals surface area contributed by atoms with Crippen LogP contribution in [-0.2, 0) is 0 Å². The third-order valence-corrected chi connectivity index (χ3v) is 6.84. The molecule has 3 nitrogen and oxygen atoms in total. The Labute approximate surface area is 128 Å². The lowest BCUT2D eigenvalue weighted by molar-refractivity contribution is 0.0950. The van der Waals surface area contributed by atoms with Gasteiger partial charge in [-0.1, -0.05) is 12.1 Å². The van der Waals surface area contributed by atoms with Crippen molar-refractivity contribution in [2.45, 2.75) is 23.5 Å². The summed E-state index contributed by atoms with van der Waals surface area (Å²) in [6.07, 6.45) is 2.38. The Kier molecular flexibility index (Phi) is 4.91. The van der Waals surface area contributed by atoms with Crippen LogP contribution in [0.2, 0.25) is 0 Å². The molecule has 0 bridgehead atoms. The van der Waals surface area contributed by atoms with E-state index in [0.717, 1.165) is 25.1 Å². The van der Waals surface area contributed by atoms with E-state index < -0.39 is 0 Å². The highest BCUT2D eigenvalue weighted by Gasteiger charge is 2.19. The second-order valence-corrected chi connectivity index (χ2v) is 7.92. The molecule has 108 valence electrons. The van der Waals surface area contributed by atoms with Crippen LogP contribution in [0.3, 0.4) is 0 Å². The molecular formula is C15H20N2OS2. The van der Waals surface area contributed by atoms with Gasteiger partial charge in [-0.25, -0.2) is 0 Å². The number of benzene rings is 1. The molecule has 2 aliphatic heterocycles. The van der Waals surface area contributed by atoms with Crippen LogP contribution in [0.5, 0.6) is 0 Å². The Bertz CT molecular complexity index is 451. The lowest BCUT2D eigenvalue weighted by atomic mass is 10.1. The summed E-state index contributed by atoms with van der Waals surface area (Å²) in [5.74, 6) is 2.50. The van der Waals surface area contributed by atoms with Crippen LogP contribution < -0.4 is 10.6 Å². The highest BCUT2D eigenvalue weighted by Crippen LogP contribution is 2.45. The van der Waals surface area contributed by atoms with Gasteiger partial charge in [0.2, 0.25) is 0 Å². The maximum atomic E-state index is 12.1. The van der Waals surface area contributed by atoms with Crippen molar-refractivity contribution in [1.29, 1.82) is 0 Å². The van der Waals surface area contributed by atoms with Crippen LogP contribution in [-0.4, -0.2) is 36.5 Å². The molecule has 0 aliphatic carbocycles. The van der Waals surface area contributed by atoms with Gasteiger partial charge in [-0.05, 0) is 37.1 Å². The Hall–Kier alpha value is -0.650. The molecule has 0 aromatic heterocycles. The van der Waals surface area contributed by atoms with E-state index in [4.69, 9.17) is 0 Å². The van der Waals surface area contributed by atoms with Gasteiger partial charge in [0.15, 0.2) is 0 Å². The molecule has 1 aromatic rings. The first-order valence-electron chi connectivity index (χ1n) is 7.18. The zero-order valence-electron chi connectivity index (χ0n) is 11.4. The fourth-order valence-electron chi connectivity index (χ4n) is 2.59. The van der Waals surface area contributed by atoms with E-state index in [-0.39, 0.29) is 5.91 Å². The molecule has 2 aliphatic rings. The van der Waals surface area contributed by atoms with Gasteiger partial charge in [-0.15, -0.1) is 23.5 Å². The van der Waals surface area contributed by atoms with Crippen LogP contribution in [0.4, 0.5) is 0 Å². The first-order chi connectivity index (χ1) is 9.83. The van der Waals surface area contributed by atoms with Crippen molar-refractivity contribution in [3.05, 3.63) is 35.4 Å². The molecule has 5 heteroatoms. The normalized spacial score (nSPS) is 23.1. The second kappa shape index (κ2) is 6.87. The summed E-state index contributed by atoms with van der Waals surface area (Å²) in [5.41, 5.74) is 2.09. The van der Waals surface area contributed by atoms with E-state index in [0.29, 0.717) is 10.6 Å². The third-order valence-electron chi connectivity index (χ3n) is 3.74. The van der Waals surface area contributed by atoms with Crippen molar-refractivity contribution < 1.29 is 4.79 Å². The summed E-state index contributed by atoms with van der Waals surface area (Å²) in [5, 5.41) is 6.41. The maximum Gasteiger partial charge on any atom is 0.251 e. The van der Waals surface area contributed by atoms with Crippen LogP contribution in [0.25, 0.3) is 0 Å². The van der Waals surface area contributed by atoms with Gasteiger partial charge in [0.05, 0.1) is 4.58 Å². The van der Waals surface area contributed by atoms with E-state index in [1.165, 1.54) is 23.5 Å². The van der Waals surface area contributed by atoms with E-state index in [9.17, 15) is 4.79 Å². The smallest absolute Gasteiger partial charge is 0.251 e. The average Bonchev–Trinajstić information content (AvgIpc) is 3.18. The number of hydrogen-bond donors (Lipinski definition) is 2. The third kappa shape index (κ3) is 3.51. The van der Waals surface area contributed by atoms with Crippen molar-refractivity contribution in [3.63, 3.8) is 0 Å². The van der Waals surface area contributed by atoms with Crippen molar-refractivity contribution >= 4 is 29.4 Å². The predicted molar refractivity (Wildman–Crippen MR) is 87.5 cm³/mol. The van der Waals surface area contributed by atoms with Gasteiger partial charge in [-0.3, -0.25) is 4.79 Å². The molecule has 0 saturated carbocycles. The minimum absolute atomic E-state index is 0.0389. The summed E-state index contributed by atoms with van der Waals surface area (Å²) < 4.78 is 0.551. The van der Waals surface area contributed by atoms with E-state index in [2.05, 4.69) is 22.8 Å². The Balaban J connectivity index is 1.54. The van der Waals surface area contributed by atoms with Gasteiger partial charge in [0.25, 0.3) is 5.91 Å². The fourth-order valence-corrected chi connectivity index (χ4v) is 5.45. The number of carbonyl (C=O) groups is 1. The molecular weight excluding hydrogens is 288 g/mol. The molecule has 2 heterocycles. The predicted octanol–water partition coefficient (Wildman–Crippen LogP) is 2.65.